The fourth-order valence-corrected chi connectivity index (χ4v) is 4.85. The van der Waals surface area contributed by atoms with Crippen LogP contribution in [-0.2, 0) is 22.5 Å². The number of halogens is 2. The van der Waals surface area contributed by atoms with Gasteiger partial charge >= 0.3 is 0 Å². The highest BCUT2D eigenvalue weighted by Crippen LogP contribution is 2.31. The van der Waals surface area contributed by atoms with Crippen molar-refractivity contribution in [3.05, 3.63) is 41.2 Å². The zero-order valence-corrected chi connectivity index (χ0v) is 19.9. The normalized spacial score (nSPS) is 20.6. The van der Waals surface area contributed by atoms with E-state index in [1.165, 1.54) is 12.1 Å². The van der Waals surface area contributed by atoms with Crippen molar-refractivity contribution in [1.29, 1.82) is 0 Å². The summed E-state index contributed by atoms with van der Waals surface area (Å²) in [6.07, 6.45) is 3.25. The maximum Gasteiger partial charge on any atom is 0.222 e. The Labute approximate surface area is 203 Å². The first-order chi connectivity index (χ1) is 17.0. The number of fused-ring (bicyclic) bond motifs is 1. The van der Waals surface area contributed by atoms with Crippen LogP contribution in [-0.4, -0.2) is 65.8 Å². The SMILES string of the molecule is CCC(=O)N1CCc2nc(N3CCC(Oc4ccc(F)cc4F)CC3)c(NC3CCOC3)nc2C1. The van der Waals surface area contributed by atoms with Gasteiger partial charge in [-0.15, -0.1) is 0 Å². The van der Waals surface area contributed by atoms with E-state index < -0.39 is 11.6 Å². The van der Waals surface area contributed by atoms with Gasteiger partial charge in [0, 0.05) is 58.0 Å². The molecule has 1 amide bonds. The topological polar surface area (TPSA) is 79.8 Å². The lowest BCUT2D eigenvalue weighted by Gasteiger charge is -2.35. The van der Waals surface area contributed by atoms with Crippen LogP contribution in [0.5, 0.6) is 5.75 Å². The van der Waals surface area contributed by atoms with E-state index in [9.17, 15) is 13.6 Å². The molecular weight excluding hydrogens is 456 g/mol. The summed E-state index contributed by atoms with van der Waals surface area (Å²) in [6, 6.07) is 3.55. The third-order valence-corrected chi connectivity index (χ3v) is 6.85. The average Bonchev–Trinajstić information content (AvgIpc) is 3.38. The molecule has 3 aliphatic rings. The molecule has 1 atom stereocenters. The second kappa shape index (κ2) is 10.3. The van der Waals surface area contributed by atoms with E-state index in [2.05, 4.69) is 10.2 Å². The molecule has 5 rings (SSSR count). The summed E-state index contributed by atoms with van der Waals surface area (Å²) in [7, 11) is 0. The fraction of sp³-hybridized carbons (Fsp3) is 0.560. The fourth-order valence-electron chi connectivity index (χ4n) is 4.85. The lowest BCUT2D eigenvalue weighted by Crippen LogP contribution is -2.41. The van der Waals surface area contributed by atoms with Gasteiger partial charge in [-0.3, -0.25) is 4.79 Å². The second-order valence-corrected chi connectivity index (χ2v) is 9.29. The molecule has 2 fully saturated rings. The van der Waals surface area contributed by atoms with Crippen molar-refractivity contribution in [2.75, 3.05) is 43.1 Å². The number of hydrogen-bond donors (Lipinski definition) is 1. The Kier molecular flexibility index (Phi) is 6.99. The number of nitrogens with zero attached hydrogens (tertiary/aromatic N) is 4. The number of anilines is 2. The van der Waals surface area contributed by atoms with Gasteiger partial charge in [0.15, 0.2) is 23.2 Å². The first kappa shape index (κ1) is 23.7. The molecule has 2 aromatic rings. The molecule has 0 bridgehead atoms. The summed E-state index contributed by atoms with van der Waals surface area (Å²) < 4.78 is 38.6. The molecule has 1 N–H and O–H groups in total. The quantitative estimate of drug-likeness (QED) is 0.670. The predicted molar refractivity (Wildman–Crippen MR) is 127 cm³/mol. The van der Waals surface area contributed by atoms with E-state index in [1.54, 1.807) is 0 Å². The number of rotatable bonds is 6. The first-order valence-corrected chi connectivity index (χ1v) is 12.4. The summed E-state index contributed by atoms with van der Waals surface area (Å²) in [5.74, 6) is 0.416. The van der Waals surface area contributed by atoms with E-state index in [-0.39, 0.29) is 23.8 Å². The molecule has 188 valence electrons. The maximum absolute atomic E-state index is 14.0. The van der Waals surface area contributed by atoms with E-state index in [1.807, 2.05) is 11.8 Å². The Morgan fingerprint density at radius 3 is 2.71 bits per heavy atom. The Balaban J connectivity index is 1.32. The van der Waals surface area contributed by atoms with Crippen molar-refractivity contribution in [2.24, 2.45) is 0 Å². The van der Waals surface area contributed by atoms with Crippen LogP contribution in [0.4, 0.5) is 20.4 Å². The van der Waals surface area contributed by atoms with E-state index in [4.69, 9.17) is 19.4 Å². The smallest absolute Gasteiger partial charge is 0.222 e. The zero-order chi connectivity index (χ0) is 24.4. The second-order valence-electron chi connectivity index (χ2n) is 9.29. The lowest BCUT2D eigenvalue weighted by molar-refractivity contribution is -0.131. The van der Waals surface area contributed by atoms with Gasteiger partial charge in [0.25, 0.3) is 0 Å². The molecule has 8 nitrogen and oxygen atoms in total. The third kappa shape index (κ3) is 5.32. The number of carbonyl (C=O) groups excluding carboxylic acids is 1. The molecule has 35 heavy (non-hydrogen) atoms. The van der Waals surface area contributed by atoms with E-state index in [0.717, 1.165) is 29.7 Å². The number of aromatic nitrogens is 2. The van der Waals surface area contributed by atoms with Crippen molar-refractivity contribution in [1.82, 2.24) is 14.9 Å². The molecule has 1 aromatic heterocycles. The van der Waals surface area contributed by atoms with Gasteiger partial charge in [0.05, 0.1) is 30.6 Å². The van der Waals surface area contributed by atoms with Gasteiger partial charge in [0.2, 0.25) is 5.91 Å². The number of hydrogen-bond acceptors (Lipinski definition) is 7. The highest BCUT2D eigenvalue weighted by molar-refractivity contribution is 5.76. The number of amides is 1. The number of piperidine rings is 1. The Morgan fingerprint density at radius 2 is 2.00 bits per heavy atom. The molecule has 0 radical (unpaired) electrons. The summed E-state index contributed by atoms with van der Waals surface area (Å²) in [5, 5.41) is 3.52. The number of nitrogens with one attached hydrogen (secondary N) is 1. The van der Waals surface area contributed by atoms with Gasteiger partial charge < -0.3 is 24.6 Å². The highest BCUT2D eigenvalue weighted by Gasteiger charge is 2.29. The predicted octanol–water partition coefficient (Wildman–Crippen LogP) is 3.30. The van der Waals surface area contributed by atoms with Crippen LogP contribution in [0.3, 0.4) is 0 Å². The standard InChI is InChI=1S/C25H31F2N5O3/c1-2-23(33)32-11-7-20-21(14-32)29-24(28-17-8-12-34-15-17)25(30-20)31-9-5-18(6-10-31)35-22-4-3-16(26)13-19(22)27/h3-4,13,17-18H,2,5-12,14-15H2,1H3,(H,28,29). The van der Waals surface area contributed by atoms with Gasteiger partial charge in [-0.25, -0.2) is 18.7 Å². The van der Waals surface area contributed by atoms with E-state index >= 15 is 0 Å². The lowest BCUT2D eigenvalue weighted by atomic mass is 10.1. The zero-order valence-electron chi connectivity index (χ0n) is 19.9. The van der Waals surface area contributed by atoms with Gasteiger partial charge in [-0.05, 0) is 18.6 Å². The molecule has 4 heterocycles. The van der Waals surface area contributed by atoms with Crippen molar-refractivity contribution in [3.63, 3.8) is 0 Å². The minimum absolute atomic E-state index is 0.0770. The summed E-state index contributed by atoms with van der Waals surface area (Å²) in [6.45, 7) is 5.69. The van der Waals surface area contributed by atoms with Crippen molar-refractivity contribution >= 4 is 17.5 Å². The van der Waals surface area contributed by atoms with Crippen LogP contribution in [0.1, 0.15) is 44.0 Å². The molecule has 1 unspecified atom stereocenters. The molecule has 0 spiro atoms. The largest absolute Gasteiger partial charge is 0.487 e. The summed E-state index contributed by atoms with van der Waals surface area (Å²) in [5.41, 5.74) is 1.77. The highest BCUT2D eigenvalue weighted by atomic mass is 19.1. The Hall–Kier alpha value is -3.01. The molecule has 0 aliphatic carbocycles. The maximum atomic E-state index is 14.0. The first-order valence-electron chi connectivity index (χ1n) is 12.4. The molecule has 1 aromatic carbocycles. The minimum atomic E-state index is -0.686. The van der Waals surface area contributed by atoms with Crippen LogP contribution < -0.4 is 15.0 Å². The monoisotopic (exact) mass is 487 g/mol. The van der Waals surface area contributed by atoms with Crippen LogP contribution >= 0.6 is 0 Å². The molecular formula is C25H31F2N5O3. The Morgan fingerprint density at radius 1 is 1.17 bits per heavy atom. The number of carbonyl (C=O) groups is 1. The van der Waals surface area contributed by atoms with Crippen LogP contribution in [0.15, 0.2) is 18.2 Å². The van der Waals surface area contributed by atoms with Crippen LogP contribution in [0, 0.1) is 11.6 Å². The average molecular weight is 488 g/mol. The van der Waals surface area contributed by atoms with Gasteiger partial charge in [-0.2, -0.15) is 0 Å². The van der Waals surface area contributed by atoms with Gasteiger partial charge in [0.1, 0.15) is 11.9 Å². The number of benzene rings is 1. The molecule has 0 saturated carbocycles. The summed E-state index contributed by atoms with van der Waals surface area (Å²) >= 11 is 0. The van der Waals surface area contributed by atoms with Crippen LogP contribution in [0.2, 0.25) is 0 Å². The number of ether oxygens (including phenoxy) is 2. The molecule has 3 aliphatic heterocycles. The van der Waals surface area contributed by atoms with Crippen LogP contribution in [0.25, 0.3) is 0 Å². The van der Waals surface area contributed by atoms with Crippen molar-refractivity contribution in [3.8, 4) is 5.75 Å². The molecule has 2 saturated heterocycles. The molecule has 10 heteroatoms. The van der Waals surface area contributed by atoms with E-state index in [0.29, 0.717) is 70.9 Å². The third-order valence-electron chi connectivity index (χ3n) is 6.85. The van der Waals surface area contributed by atoms with Gasteiger partial charge in [-0.1, -0.05) is 6.92 Å². The van der Waals surface area contributed by atoms with Crippen molar-refractivity contribution < 1.29 is 23.0 Å². The van der Waals surface area contributed by atoms with Crippen molar-refractivity contribution in [2.45, 2.75) is 57.7 Å². The Bertz CT molecular complexity index is 1070. The summed E-state index contributed by atoms with van der Waals surface area (Å²) in [4.78, 5) is 26.2. The minimum Gasteiger partial charge on any atom is -0.487 e.